The Morgan fingerprint density at radius 1 is 1.32 bits per heavy atom. The van der Waals surface area contributed by atoms with Crippen LogP contribution in [0.25, 0.3) is 0 Å². The second-order valence-corrected chi connectivity index (χ2v) is 7.43. The minimum atomic E-state index is 0.334. The van der Waals surface area contributed by atoms with Crippen molar-refractivity contribution in [2.75, 3.05) is 40.3 Å². The molecule has 3 nitrogen and oxygen atoms in total. The van der Waals surface area contributed by atoms with Crippen molar-refractivity contribution in [2.45, 2.75) is 59.0 Å². The Morgan fingerprint density at radius 2 is 2.00 bits per heavy atom. The number of hydrogen-bond acceptors (Lipinski definition) is 3. The normalized spacial score (nSPS) is 23.2. The van der Waals surface area contributed by atoms with Crippen molar-refractivity contribution in [3.8, 4) is 0 Å². The van der Waals surface area contributed by atoms with Crippen LogP contribution in [0.1, 0.15) is 47.0 Å². The van der Waals surface area contributed by atoms with Crippen LogP contribution in [0.5, 0.6) is 0 Å². The summed E-state index contributed by atoms with van der Waals surface area (Å²) in [6, 6.07) is 1.35. The molecule has 2 unspecified atom stereocenters. The minimum absolute atomic E-state index is 0.334. The summed E-state index contributed by atoms with van der Waals surface area (Å²) in [5, 5.41) is 3.75. The lowest BCUT2D eigenvalue weighted by Crippen LogP contribution is -2.51. The van der Waals surface area contributed by atoms with E-state index in [9.17, 15) is 0 Å². The second kappa shape index (κ2) is 7.61. The lowest BCUT2D eigenvalue weighted by Gasteiger charge is -2.37. The number of hydrogen-bond donors (Lipinski definition) is 1. The Hall–Kier alpha value is -0.120. The van der Waals surface area contributed by atoms with Crippen molar-refractivity contribution >= 4 is 0 Å². The van der Waals surface area contributed by atoms with Crippen LogP contribution in [-0.2, 0) is 0 Å². The van der Waals surface area contributed by atoms with Gasteiger partial charge in [-0.05, 0) is 51.9 Å². The molecule has 0 amide bonds. The summed E-state index contributed by atoms with van der Waals surface area (Å²) < 4.78 is 0. The fourth-order valence-electron chi connectivity index (χ4n) is 2.96. The highest BCUT2D eigenvalue weighted by Crippen LogP contribution is 2.24. The van der Waals surface area contributed by atoms with E-state index >= 15 is 0 Å². The Labute approximate surface area is 120 Å². The van der Waals surface area contributed by atoms with Gasteiger partial charge in [0, 0.05) is 25.2 Å². The standard InChI is InChI=1S/C16H35N3/c1-7-10-17-15(16(2,3)4)13-19-11-8-9-14(19)12-18(5)6/h14-15,17H,7-13H2,1-6H3. The zero-order valence-electron chi connectivity index (χ0n) is 14.0. The Bertz CT molecular complexity index is 245. The van der Waals surface area contributed by atoms with E-state index in [1.165, 1.54) is 38.9 Å². The Balaban J connectivity index is 2.56. The number of likely N-dealkylation sites (tertiary alicyclic amines) is 1. The third kappa shape index (κ3) is 5.80. The van der Waals surface area contributed by atoms with Gasteiger partial charge in [0.2, 0.25) is 0 Å². The summed E-state index contributed by atoms with van der Waals surface area (Å²) in [4.78, 5) is 5.03. The summed E-state index contributed by atoms with van der Waals surface area (Å²) in [7, 11) is 4.38. The second-order valence-electron chi connectivity index (χ2n) is 7.43. The van der Waals surface area contributed by atoms with Gasteiger partial charge in [-0.25, -0.2) is 0 Å². The maximum absolute atomic E-state index is 3.75. The number of likely N-dealkylation sites (N-methyl/N-ethyl adjacent to an activating group) is 1. The van der Waals surface area contributed by atoms with Crippen LogP contribution in [0.4, 0.5) is 0 Å². The third-order valence-electron chi connectivity index (χ3n) is 4.18. The molecule has 1 fully saturated rings. The van der Waals surface area contributed by atoms with Gasteiger partial charge in [0.05, 0.1) is 0 Å². The van der Waals surface area contributed by atoms with Crippen LogP contribution in [0.3, 0.4) is 0 Å². The average molecular weight is 269 g/mol. The first-order chi connectivity index (χ1) is 8.84. The lowest BCUT2D eigenvalue weighted by atomic mass is 9.86. The van der Waals surface area contributed by atoms with Gasteiger partial charge in [0.15, 0.2) is 0 Å². The van der Waals surface area contributed by atoms with Gasteiger partial charge in [0.1, 0.15) is 0 Å². The first-order valence-electron chi connectivity index (χ1n) is 7.96. The molecule has 19 heavy (non-hydrogen) atoms. The molecule has 0 saturated carbocycles. The van der Waals surface area contributed by atoms with Gasteiger partial charge in [-0.2, -0.15) is 0 Å². The van der Waals surface area contributed by atoms with E-state index in [4.69, 9.17) is 0 Å². The van der Waals surface area contributed by atoms with Crippen molar-refractivity contribution in [3.05, 3.63) is 0 Å². The zero-order valence-corrected chi connectivity index (χ0v) is 14.0. The van der Waals surface area contributed by atoms with Crippen LogP contribution in [-0.4, -0.2) is 62.2 Å². The minimum Gasteiger partial charge on any atom is -0.312 e. The molecular formula is C16H35N3. The molecule has 0 radical (unpaired) electrons. The van der Waals surface area contributed by atoms with E-state index < -0.39 is 0 Å². The first kappa shape index (κ1) is 16.9. The molecule has 1 rings (SSSR count). The van der Waals surface area contributed by atoms with Crippen LogP contribution < -0.4 is 5.32 Å². The molecule has 114 valence electrons. The summed E-state index contributed by atoms with van der Waals surface area (Å²) in [6.07, 6.45) is 3.94. The molecule has 0 aliphatic carbocycles. The SMILES string of the molecule is CCCNC(CN1CCCC1CN(C)C)C(C)(C)C. The van der Waals surface area contributed by atoms with Crippen LogP contribution in [0.15, 0.2) is 0 Å². The van der Waals surface area contributed by atoms with E-state index in [0.717, 1.165) is 12.6 Å². The largest absolute Gasteiger partial charge is 0.312 e. The first-order valence-corrected chi connectivity index (χ1v) is 7.96. The molecule has 0 aromatic heterocycles. The van der Waals surface area contributed by atoms with E-state index in [2.05, 4.69) is 56.9 Å². The number of nitrogens with zero attached hydrogens (tertiary/aromatic N) is 2. The van der Waals surface area contributed by atoms with E-state index in [1.54, 1.807) is 0 Å². The summed E-state index contributed by atoms with van der Waals surface area (Å²) in [5.74, 6) is 0. The van der Waals surface area contributed by atoms with E-state index in [0.29, 0.717) is 11.5 Å². The van der Waals surface area contributed by atoms with Crippen LogP contribution in [0.2, 0.25) is 0 Å². The maximum atomic E-state index is 3.75. The molecule has 0 aromatic rings. The highest BCUT2D eigenvalue weighted by atomic mass is 15.2. The van der Waals surface area contributed by atoms with Crippen molar-refractivity contribution in [1.29, 1.82) is 0 Å². The summed E-state index contributed by atoms with van der Waals surface area (Å²) >= 11 is 0. The van der Waals surface area contributed by atoms with Gasteiger partial charge in [-0.1, -0.05) is 27.7 Å². The smallest absolute Gasteiger partial charge is 0.0243 e. The predicted molar refractivity (Wildman–Crippen MR) is 84.7 cm³/mol. The average Bonchev–Trinajstić information content (AvgIpc) is 2.69. The maximum Gasteiger partial charge on any atom is 0.0243 e. The lowest BCUT2D eigenvalue weighted by molar-refractivity contribution is 0.146. The van der Waals surface area contributed by atoms with Gasteiger partial charge < -0.3 is 10.2 Å². The zero-order chi connectivity index (χ0) is 14.5. The number of nitrogens with one attached hydrogen (secondary N) is 1. The third-order valence-corrected chi connectivity index (χ3v) is 4.18. The van der Waals surface area contributed by atoms with E-state index in [1.807, 2.05) is 0 Å². The molecule has 1 heterocycles. The topological polar surface area (TPSA) is 18.5 Å². The highest BCUT2D eigenvalue weighted by Gasteiger charge is 2.31. The van der Waals surface area contributed by atoms with Crippen LogP contribution >= 0.6 is 0 Å². The summed E-state index contributed by atoms with van der Waals surface area (Å²) in [5.41, 5.74) is 0.334. The van der Waals surface area contributed by atoms with Crippen LogP contribution in [0, 0.1) is 5.41 Å². The quantitative estimate of drug-likeness (QED) is 0.766. The predicted octanol–water partition coefficient (Wildman–Crippen LogP) is 2.43. The van der Waals surface area contributed by atoms with Crippen molar-refractivity contribution in [1.82, 2.24) is 15.1 Å². The molecule has 0 aromatic carbocycles. The Morgan fingerprint density at radius 3 is 2.53 bits per heavy atom. The number of rotatable bonds is 7. The fourth-order valence-corrected chi connectivity index (χ4v) is 2.96. The molecular weight excluding hydrogens is 234 g/mol. The van der Waals surface area contributed by atoms with Gasteiger partial charge in [0.25, 0.3) is 0 Å². The Kier molecular flexibility index (Phi) is 6.78. The molecule has 1 N–H and O–H groups in total. The van der Waals surface area contributed by atoms with Gasteiger partial charge >= 0.3 is 0 Å². The monoisotopic (exact) mass is 269 g/mol. The summed E-state index contributed by atoms with van der Waals surface area (Å²) in [6.45, 7) is 14.1. The molecule has 1 aliphatic heterocycles. The van der Waals surface area contributed by atoms with Crippen molar-refractivity contribution in [3.63, 3.8) is 0 Å². The van der Waals surface area contributed by atoms with E-state index in [-0.39, 0.29) is 0 Å². The molecule has 0 bridgehead atoms. The fraction of sp³-hybridized carbons (Fsp3) is 1.00. The van der Waals surface area contributed by atoms with Gasteiger partial charge in [-0.3, -0.25) is 4.90 Å². The molecule has 1 aliphatic rings. The molecule has 2 atom stereocenters. The van der Waals surface area contributed by atoms with Crippen molar-refractivity contribution < 1.29 is 0 Å². The van der Waals surface area contributed by atoms with Gasteiger partial charge in [-0.15, -0.1) is 0 Å². The molecule has 1 saturated heterocycles. The highest BCUT2D eigenvalue weighted by molar-refractivity contribution is 4.89. The molecule has 0 spiro atoms. The van der Waals surface area contributed by atoms with Crippen molar-refractivity contribution in [2.24, 2.45) is 5.41 Å². The molecule has 3 heteroatoms.